The van der Waals surface area contributed by atoms with Gasteiger partial charge >= 0.3 is 0 Å². The maximum absolute atomic E-state index is 2.44. The number of hydrogen-bond acceptors (Lipinski definition) is 1. The third-order valence-corrected chi connectivity index (χ3v) is 12.6. The van der Waals surface area contributed by atoms with Crippen LogP contribution in [0.25, 0.3) is 93.2 Å². The van der Waals surface area contributed by atoms with E-state index in [0.29, 0.717) is 0 Å². The summed E-state index contributed by atoms with van der Waals surface area (Å²) in [6.45, 7) is 0. The highest BCUT2D eigenvalue weighted by Gasteiger charge is 2.22. The number of anilines is 3. The quantitative estimate of drug-likeness (QED) is 0.146. The van der Waals surface area contributed by atoms with Gasteiger partial charge in [-0.2, -0.15) is 0 Å². The van der Waals surface area contributed by atoms with Crippen LogP contribution in [0.1, 0.15) is 0 Å². The molecule has 0 unspecified atom stereocenters. The lowest BCUT2D eigenvalue weighted by Crippen LogP contribution is -2.12. The summed E-state index contributed by atoms with van der Waals surface area (Å²) in [4.78, 5) is 2.43. The van der Waals surface area contributed by atoms with Gasteiger partial charge in [-0.3, -0.25) is 0 Å². The molecule has 2 heteroatoms. The van der Waals surface area contributed by atoms with E-state index in [0.717, 1.165) is 39.4 Å². The minimum Gasteiger partial charge on any atom is -0.310 e. The van der Waals surface area contributed by atoms with Crippen LogP contribution < -0.4 is 4.90 Å². The molecule has 0 aliphatic rings. The van der Waals surface area contributed by atoms with Crippen molar-refractivity contribution in [3.63, 3.8) is 0 Å². The zero-order chi connectivity index (χ0) is 41.0. The highest BCUT2D eigenvalue weighted by atomic mass is 15.1. The summed E-state index contributed by atoms with van der Waals surface area (Å²) in [5.41, 5.74) is 13.8. The maximum atomic E-state index is 2.44. The second-order valence-corrected chi connectivity index (χ2v) is 16.1. The molecule has 1 heterocycles. The molecule has 0 N–H and O–H groups in total. The van der Waals surface area contributed by atoms with Crippen molar-refractivity contribution in [3.8, 4) is 39.1 Å². The lowest BCUT2D eigenvalue weighted by molar-refractivity contribution is 1.17. The summed E-state index contributed by atoms with van der Waals surface area (Å²) in [6, 6.07) is 88.5. The molecular formula is C60H40N2. The molecule has 12 rings (SSSR count). The summed E-state index contributed by atoms with van der Waals surface area (Å²) in [7, 11) is 0. The standard InChI is InChI=1S/C60H40N2/c1-3-17-41(18-4-1)48-23-11-14-28-57(48)61(45-34-31-44(32-35-45)54-40-56-47-22-8-7-21-43(47)33-37-51(56)49-24-9-10-25-50(49)54)46-36-38-60(55(39-46)42-19-5-2-6-20-42)62-58-29-15-12-26-52(58)53-27-13-16-30-59(53)62/h1-40H. The lowest BCUT2D eigenvalue weighted by Gasteiger charge is -2.29. The van der Waals surface area contributed by atoms with Crippen molar-refractivity contribution in [3.05, 3.63) is 243 Å². The molecule has 0 radical (unpaired) electrons. The van der Waals surface area contributed by atoms with E-state index in [1.165, 1.54) is 70.8 Å². The van der Waals surface area contributed by atoms with Crippen molar-refractivity contribution in [2.75, 3.05) is 4.90 Å². The molecule has 0 bridgehead atoms. The van der Waals surface area contributed by atoms with Gasteiger partial charge in [-0.1, -0.05) is 188 Å². The van der Waals surface area contributed by atoms with E-state index in [1.807, 2.05) is 0 Å². The van der Waals surface area contributed by atoms with Crippen LogP contribution in [0.15, 0.2) is 243 Å². The highest BCUT2D eigenvalue weighted by molar-refractivity contribution is 6.21. The molecule has 0 spiro atoms. The van der Waals surface area contributed by atoms with Gasteiger partial charge in [0.15, 0.2) is 0 Å². The van der Waals surface area contributed by atoms with Crippen LogP contribution in [0.5, 0.6) is 0 Å². The Hall–Kier alpha value is -8.20. The van der Waals surface area contributed by atoms with Crippen molar-refractivity contribution >= 4 is 71.2 Å². The van der Waals surface area contributed by atoms with Gasteiger partial charge in [0.2, 0.25) is 0 Å². The molecule has 0 saturated carbocycles. The van der Waals surface area contributed by atoms with Gasteiger partial charge in [0.25, 0.3) is 0 Å². The van der Waals surface area contributed by atoms with Crippen molar-refractivity contribution in [2.45, 2.75) is 0 Å². The molecule has 0 atom stereocenters. The van der Waals surface area contributed by atoms with E-state index in [2.05, 4.69) is 252 Å². The first-order valence-corrected chi connectivity index (χ1v) is 21.3. The first kappa shape index (κ1) is 35.7. The monoisotopic (exact) mass is 788 g/mol. The van der Waals surface area contributed by atoms with Gasteiger partial charge in [0, 0.05) is 33.3 Å². The summed E-state index contributed by atoms with van der Waals surface area (Å²) >= 11 is 0. The van der Waals surface area contributed by atoms with E-state index < -0.39 is 0 Å². The van der Waals surface area contributed by atoms with E-state index in [1.54, 1.807) is 0 Å². The minimum atomic E-state index is 1.08. The second kappa shape index (κ2) is 14.8. The number of aromatic nitrogens is 1. The molecule has 62 heavy (non-hydrogen) atoms. The van der Waals surface area contributed by atoms with Crippen molar-refractivity contribution < 1.29 is 0 Å². The summed E-state index contributed by atoms with van der Waals surface area (Å²) in [6.07, 6.45) is 0. The Morgan fingerprint density at radius 1 is 0.274 bits per heavy atom. The van der Waals surface area contributed by atoms with Crippen LogP contribution in [0, 0.1) is 0 Å². The Balaban J connectivity index is 1.08. The number of rotatable bonds is 7. The van der Waals surface area contributed by atoms with Crippen LogP contribution in [0.2, 0.25) is 0 Å². The second-order valence-electron chi connectivity index (χ2n) is 16.1. The Kier molecular flexibility index (Phi) is 8.53. The fraction of sp³-hybridized carbons (Fsp3) is 0. The molecule has 11 aromatic carbocycles. The summed E-state index contributed by atoms with van der Waals surface area (Å²) in [5.74, 6) is 0. The zero-order valence-corrected chi connectivity index (χ0v) is 34.0. The lowest BCUT2D eigenvalue weighted by atomic mass is 9.91. The zero-order valence-electron chi connectivity index (χ0n) is 34.0. The van der Waals surface area contributed by atoms with Crippen molar-refractivity contribution in [2.24, 2.45) is 0 Å². The molecule has 0 fully saturated rings. The Morgan fingerprint density at radius 2 is 0.790 bits per heavy atom. The molecule has 290 valence electrons. The van der Waals surface area contributed by atoms with Gasteiger partial charge in [0.1, 0.15) is 0 Å². The van der Waals surface area contributed by atoms with Crippen LogP contribution in [-0.4, -0.2) is 4.57 Å². The molecule has 2 nitrogen and oxygen atoms in total. The van der Waals surface area contributed by atoms with Crippen molar-refractivity contribution in [1.29, 1.82) is 0 Å². The third kappa shape index (κ3) is 5.88. The predicted molar refractivity (Wildman–Crippen MR) is 264 cm³/mol. The molecule has 12 aromatic rings. The topological polar surface area (TPSA) is 8.17 Å². The minimum absolute atomic E-state index is 1.08. The number of nitrogens with zero attached hydrogens (tertiary/aromatic N) is 2. The van der Waals surface area contributed by atoms with E-state index >= 15 is 0 Å². The van der Waals surface area contributed by atoms with Crippen LogP contribution >= 0.6 is 0 Å². The maximum Gasteiger partial charge on any atom is 0.0542 e. The van der Waals surface area contributed by atoms with Gasteiger partial charge in [0.05, 0.1) is 22.4 Å². The van der Waals surface area contributed by atoms with Crippen LogP contribution in [0.3, 0.4) is 0 Å². The summed E-state index contributed by atoms with van der Waals surface area (Å²) < 4.78 is 2.44. The van der Waals surface area contributed by atoms with Crippen LogP contribution in [0.4, 0.5) is 17.1 Å². The normalized spacial score (nSPS) is 11.5. The molecule has 0 aliphatic heterocycles. The Morgan fingerprint density at radius 3 is 1.50 bits per heavy atom. The van der Waals surface area contributed by atoms with Crippen LogP contribution in [-0.2, 0) is 0 Å². The largest absolute Gasteiger partial charge is 0.310 e. The smallest absolute Gasteiger partial charge is 0.0542 e. The fourth-order valence-corrected chi connectivity index (χ4v) is 9.74. The Bertz CT molecular complexity index is 3570. The molecule has 1 aromatic heterocycles. The van der Waals surface area contributed by atoms with E-state index in [9.17, 15) is 0 Å². The third-order valence-electron chi connectivity index (χ3n) is 12.6. The molecular weight excluding hydrogens is 749 g/mol. The number of fused-ring (bicyclic) bond motifs is 8. The molecule has 0 amide bonds. The van der Waals surface area contributed by atoms with Crippen molar-refractivity contribution in [1.82, 2.24) is 4.57 Å². The average molecular weight is 789 g/mol. The highest BCUT2D eigenvalue weighted by Crippen LogP contribution is 2.45. The molecule has 0 aliphatic carbocycles. The number of benzene rings is 11. The summed E-state index contributed by atoms with van der Waals surface area (Å²) in [5, 5.41) is 10.1. The van der Waals surface area contributed by atoms with Gasteiger partial charge < -0.3 is 9.47 Å². The van der Waals surface area contributed by atoms with Gasteiger partial charge in [-0.15, -0.1) is 0 Å². The SMILES string of the molecule is c1ccc(-c2ccccc2N(c2ccc(-c3cc4c5ccccc5ccc4c4ccccc34)cc2)c2ccc(-n3c4ccccc4c4ccccc43)c(-c3ccccc3)c2)cc1. The van der Waals surface area contributed by atoms with Gasteiger partial charge in [-0.25, -0.2) is 0 Å². The first-order chi connectivity index (χ1) is 30.8. The Labute approximate surface area is 360 Å². The van der Waals surface area contributed by atoms with E-state index in [-0.39, 0.29) is 0 Å². The molecule has 0 saturated heterocycles. The van der Waals surface area contributed by atoms with Gasteiger partial charge in [-0.05, 0) is 109 Å². The first-order valence-electron chi connectivity index (χ1n) is 21.3. The number of para-hydroxylation sites is 3. The fourth-order valence-electron chi connectivity index (χ4n) is 9.74. The number of hydrogen-bond donors (Lipinski definition) is 0. The van der Waals surface area contributed by atoms with E-state index in [4.69, 9.17) is 0 Å². The predicted octanol–water partition coefficient (Wildman–Crippen LogP) is 16.7. The average Bonchev–Trinajstić information content (AvgIpc) is 3.69.